The van der Waals surface area contributed by atoms with Crippen LogP contribution >= 0.6 is 0 Å². The van der Waals surface area contributed by atoms with Gasteiger partial charge in [-0.2, -0.15) is 0 Å². The molecule has 4 aromatic rings. The Balaban J connectivity index is 1.94. The van der Waals surface area contributed by atoms with Gasteiger partial charge in [-0.3, -0.25) is 4.98 Å². The monoisotopic (exact) mass is 391 g/mol. The molecule has 4 N–H and O–H groups in total. The zero-order valence-corrected chi connectivity index (χ0v) is 16.4. The molecule has 0 radical (unpaired) electrons. The molecule has 0 fully saturated rings. The summed E-state index contributed by atoms with van der Waals surface area (Å²) >= 11 is 0. The van der Waals surface area contributed by atoms with Crippen molar-refractivity contribution in [3.8, 4) is 11.1 Å². The normalized spacial score (nSPS) is 12.7. The zero-order chi connectivity index (χ0) is 20.4. The van der Waals surface area contributed by atoms with Crippen LogP contribution in [0.4, 0.5) is 5.82 Å². The van der Waals surface area contributed by atoms with Gasteiger partial charge in [0.15, 0.2) is 5.82 Å². The van der Waals surface area contributed by atoms with E-state index in [1.165, 1.54) is 0 Å². The quantitative estimate of drug-likeness (QED) is 0.447. The molecule has 1 atom stereocenters. The Morgan fingerprint density at radius 3 is 2.76 bits per heavy atom. The van der Waals surface area contributed by atoms with E-state index < -0.39 is 6.10 Å². The van der Waals surface area contributed by atoms with Crippen LogP contribution in [-0.4, -0.2) is 42.4 Å². The van der Waals surface area contributed by atoms with E-state index in [-0.39, 0.29) is 13.2 Å². The van der Waals surface area contributed by atoms with E-state index in [2.05, 4.69) is 16.9 Å². The molecule has 29 heavy (non-hydrogen) atoms. The molecule has 3 heterocycles. The number of aromatic nitrogens is 4. The average Bonchev–Trinajstić information content (AvgIpc) is 3.11. The Hall–Kier alpha value is -3.03. The number of aliphatic hydroxyl groups excluding tert-OH is 2. The van der Waals surface area contributed by atoms with Gasteiger partial charge in [0.05, 0.1) is 30.3 Å². The lowest BCUT2D eigenvalue weighted by Crippen LogP contribution is -2.21. The molecule has 1 unspecified atom stereocenters. The third-order valence-electron chi connectivity index (χ3n) is 5.14. The van der Waals surface area contributed by atoms with Crippen LogP contribution in [0.5, 0.6) is 0 Å². The Bertz CT molecular complexity index is 1140. The molecule has 150 valence electrons. The highest BCUT2D eigenvalue weighted by Gasteiger charge is 2.19. The van der Waals surface area contributed by atoms with Crippen LogP contribution in [0.25, 0.3) is 33.1 Å². The molecular formula is C22H25N5O2. The topological polar surface area (TPSA) is 110 Å². The summed E-state index contributed by atoms with van der Waals surface area (Å²) in [6.45, 7) is 2.08. The highest BCUT2D eigenvalue weighted by molar-refractivity contribution is 6.07. The fourth-order valence-corrected chi connectivity index (χ4v) is 3.66. The molecule has 0 saturated carbocycles. The van der Waals surface area contributed by atoms with Crippen LogP contribution in [0.3, 0.4) is 0 Å². The predicted octanol–water partition coefficient (Wildman–Crippen LogP) is 2.92. The van der Waals surface area contributed by atoms with Crippen LogP contribution < -0.4 is 5.73 Å². The second kappa shape index (κ2) is 8.14. The minimum Gasteiger partial charge on any atom is -0.394 e. The molecule has 3 aromatic heterocycles. The van der Waals surface area contributed by atoms with Crippen molar-refractivity contribution in [1.29, 1.82) is 0 Å². The predicted molar refractivity (Wildman–Crippen MR) is 114 cm³/mol. The summed E-state index contributed by atoms with van der Waals surface area (Å²) in [5.74, 6) is 1.22. The summed E-state index contributed by atoms with van der Waals surface area (Å²) in [4.78, 5) is 13.5. The first kappa shape index (κ1) is 19.3. The van der Waals surface area contributed by atoms with E-state index in [4.69, 9.17) is 10.7 Å². The van der Waals surface area contributed by atoms with Crippen molar-refractivity contribution >= 4 is 27.8 Å². The molecule has 7 heteroatoms. The lowest BCUT2D eigenvalue weighted by atomic mass is 10.0. The van der Waals surface area contributed by atoms with Gasteiger partial charge in [-0.05, 0) is 24.1 Å². The lowest BCUT2D eigenvalue weighted by molar-refractivity contribution is 0.0814. The molecule has 0 aliphatic rings. The molecule has 4 rings (SSSR count). The van der Waals surface area contributed by atoms with Gasteiger partial charge in [0.1, 0.15) is 11.3 Å². The van der Waals surface area contributed by atoms with Crippen LogP contribution in [0.1, 0.15) is 25.6 Å². The summed E-state index contributed by atoms with van der Waals surface area (Å²) in [6.07, 6.45) is 5.48. The van der Waals surface area contributed by atoms with E-state index in [0.29, 0.717) is 11.3 Å². The first-order chi connectivity index (χ1) is 14.1. The molecule has 0 saturated heterocycles. The number of anilines is 1. The number of fused-ring (bicyclic) bond motifs is 3. The summed E-state index contributed by atoms with van der Waals surface area (Å²) in [6, 6.07) is 9.94. The van der Waals surface area contributed by atoms with Gasteiger partial charge in [0.2, 0.25) is 0 Å². The number of hydrogen-bond donors (Lipinski definition) is 3. The standard InChI is InChI=1S/C22H25N5O2/c1-2-3-6-19-26-20-21(27(19)12-16(29)13-28)17-8-7-14(10-18(17)25-22(20)23)15-5-4-9-24-11-15/h4-5,7-11,16,28-29H,2-3,6,12-13H2,1H3,(H2,23,25). The van der Waals surface area contributed by atoms with Gasteiger partial charge >= 0.3 is 0 Å². The number of nitrogens with two attached hydrogens (primary N) is 1. The smallest absolute Gasteiger partial charge is 0.152 e. The first-order valence-electron chi connectivity index (χ1n) is 9.90. The maximum absolute atomic E-state index is 10.1. The van der Waals surface area contributed by atoms with Crippen LogP contribution in [0.2, 0.25) is 0 Å². The van der Waals surface area contributed by atoms with Crippen LogP contribution in [0.15, 0.2) is 42.7 Å². The summed E-state index contributed by atoms with van der Waals surface area (Å²) < 4.78 is 1.98. The third-order valence-corrected chi connectivity index (χ3v) is 5.14. The largest absolute Gasteiger partial charge is 0.394 e. The van der Waals surface area contributed by atoms with Crippen molar-refractivity contribution < 1.29 is 10.2 Å². The molecular weight excluding hydrogens is 366 g/mol. The van der Waals surface area contributed by atoms with Gasteiger partial charge in [-0.15, -0.1) is 0 Å². The van der Waals surface area contributed by atoms with Crippen molar-refractivity contribution in [3.05, 3.63) is 48.5 Å². The molecule has 0 spiro atoms. The minimum absolute atomic E-state index is 0.259. The molecule has 1 aromatic carbocycles. The maximum Gasteiger partial charge on any atom is 0.152 e. The van der Waals surface area contributed by atoms with Crippen molar-refractivity contribution in [1.82, 2.24) is 19.5 Å². The van der Waals surface area contributed by atoms with Crippen molar-refractivity contribution in [2.24, 2.45) is 0 Å². The second-order valence-corrected chi connectivity index (χ2v) is 7.25. The number of hydrogen-bond acceptors (Lipinski definition) is 6. The van der Waals surface area contributed by atoms with E-state index >= 15 is 0 Å². The van der Waals surface area contributed by atoms with Gasteiger partial charge in [0.25, 0.3) is 0 Å². The Morgan fingerprint density at radius 1 is 1.17 bits per heavy atom. The van der Waals surface area contributed by atoms with E-state index in [0.717, 1.165) is 52.6 Å². The summed E-state index contributed by atoms with van der Waals surface area (Å²) in [7, 11) is 0. The van der Waals surface area contributed by atoms with Gasteiger partial charge in [0, 0.05) is 29.8 Å². The lowest BCUT2D eigenvalue weighted by Gasteiger charge is -2.14. The third kappa shape index (κ3) is 3.66. The second-order valence-electron chi connectivity index (χ2n) is 7.25. The summed E-state index contributed by atoms with van der Waals surface area (Å²) in [5, 5.41) is 20.4. The number of nitrogen functional groups attached to an aromatic ring is 1. The first-order valence-corrected chi connectivity index (χ1v) is 9.90. The number of unbranched alkanes of at least 4 members (excludes halogenated alkanes) is 1. The minimum atomic E-state index is -0.869. The number of benzene rings is 1. The van der Waals surface area contributed by atoms with Crippen LogP contribution in [-0.2, 0) is 13.0 Å². The fraction of sp³-hybridized carbons (Fsp3) is 0.318. The Kier molecular flexibility index (Phi) is 5.42. The van der Waals surface area contributed by atoms with Gasteiger partial charge in [-0.25, -0.2) is 9.97 Å². The van der Waals surface area contributed by atoms with Crippen molar-refractivity contribution in [2.45, 2.75) is 38.8 Å². The number of nitrogens with zero attached hydrogens (tertiary/aromatic N) is 4. The van der Waals surface area contributed by atoms with Crippen molar-refractivity contribution in [2.75, 3.05) is 12.3 Å². The Labute approximate surface area is 168 Å². The fourth-order valence-electron chi connectivity index (χ4n) is 3.66. The average molecular weight is 391 g/mol. The molecule has 7 nitrogen and oxygen atoms in total. The highest BCUT2D eigenvalue weighted by atomic mass is 16.3. The zero-order valence-electron chi connectivity index (χ0n) is 16.4. The number of aryl methyl sites for hydroxylation is 1. The van der Waals surface area contributed by atoms with E-state index in [1.54, 1.807) is 6.20 Å². The summed E-state index contributed by atoms with van der Waals surface area (Å²) in [5.41, 5.74) is 10.5. The number of imidazole rings is 1. The SMILES string of the molecule is CCCCc1nc2c(N)nc3cc(-c4cccnc4)ccc3c2n1CC(O)CO. The number of aliphatic hydroxyl groups is 2. The molecule has 0 bridgehead atoms. The van der Waals surface area contributed by atoms with E-state index in [9.17, 15) is 10.2 Å². The maximum atomic E-state index is 10.1. The van der Waals surface area contributed by atoms with E-state index in [1.807, 2.05) is 41.1 Å². The number of pyridine rings is 2. The van der Waals surface area contributed by atoms with Gasteiger partial charge < -0.3 is 20.5 Å². The number of rotatable bonds is 7. The molecule has 0 aliphatic heterocycles. The van der Waals surface area contributed by atoms with Crippen molar-refractivity contribution in [3.63, 3.8) is 0 Å². The molecule has 0 amide bonds. The van der Waals surface area contributed by atoms with Crippen LogP contribution in [0, 0.1) is 0 Å². The Morgan fingerprint density at radius 2 is 2.03 bits per heavy atom. The highest BCUT2D eigenvalue weighted by Crippen LogP contribution is 2.32. The molecule has 0 aliphatic carbocycles. The van der Waals surface area contributed by atoms with Gasteiger partial charge in [-0.1, -0.05) is 31.5 Å².